The van der Waals surface area contributed by atoms with Gasteiger partial charge in [0.05, 0.1) is 5.69 Å². The molecule has 0 saturated carbocycles. The Kier molecular flexibility index (Phi) is 3.77. The minimum atomic E-state index is -0.432. The molecule has 0 unspecified atom stereocenters. The smallest absolute Gasteiger partial charge is 0.255 e. The van der Waals surface area contributed by atoms with Crippen molar-refractivity contribution in [3.05, 3.63) is 63.9 Å². The second-order valence-corrected chi connectivity index (χ2v) is 4.81. The Bertz CT molecular complexity index is 578. The molecule has 0 aliphatic carbocycles. The molecule has 0 bridgehead atoms. The lowest BCUT2D eigenvalue weighted by Crippen LogP contribution is -2.13. The van der Waals surface area contributed by atoms with Crippen LogP contribution in [0, 0.1) is 12.7 Å². The lowest BCUT2D eigenvalue weighted by molar-refractivity contribution is 0.102. The van der Waals surface area contributed by atoms with E-state index in [0.717, 1.165) is 4.47 Å². The highest BCUT2D eigenvalue weighted by Gasteiger charge is 2.11. The van der Waals surface area contributed by atoms with Crippen molar-refractivity contribution in [1.29, 1.82) is 0 Å². The van der Waals surface area contributed by atoms with Crippen LogP contribution in [0.1, 0.15) is 15.9 Å². The maximum Gasteiger partial charge on any atom is 0.255 e. The number of carbonyl (C=O) groups excluding carboxylic acids is 1. The van der Waals surface area contributed by atoms with Crippen molar-refractivity contribution in [2.45, 2.75) is 6.92 Å². The number of hydrogen-bond acceptors (Lipinski definition) is 1. The van der Waals surface area contributed by atoms with E-state index in [1.54, 1.807) is 37.3 Å². The predicted molar refractivity (Wildman–Crippen MR) is 73.2 cm³/mol. The van der Waals surface area contributed by atoms with E-state index in [4.69, 9.17) is 0 Å². The third-order valence-corrected chi connectivity index (χ3v) is 3.04. The van der Waals surface area contributed by atoms with Crippen molar-refractivity contribution < 1.29 is 9.18 Å². The van der Waals surface area contributed by atoms with Crippen LogP contribution in [0.4, 0.5) is 10.1 Å². The number of para-hydroxylation sites is 1. The van der Waals surface area contributed by atoms with Crippen LogP contribution in [0.15, 0.2) is 46.9 Å². The molecule has 0 aliphatic heterocycles. The van der Waals surface area contributed by atoms with Crippen LogP contribution in [0.3, 0.4) is 0 Å². The maximum absolute atomic E-state index is 13.6. The summed E-state index contributed by atoms with van der Waals surface area (Å²) in [5.74, 6) is -0.761. The number of nitrogens with one attached hydrogen (secondary N) is 1. The van der Waals surface area contributed by atoms with Gasteiger partial charge in [-0.2, -0.15) is 0 Å². The minimum Gasteiger partial charge on any atom is -0.319 e. The van der Waals surface area contributed by atoms with Gasteiger partial charge in [0.25, 0.3) is 5.91 Å². The Balaban J connectivity index is 2.27. The zero-order chi connectivity index (χ0) is 13.1. The highest BCUT2D eigenvalue weighted by atomic mass is 79.9. The predicted octanol–water partition coefficient (Wildman–Crippen LogP) is 4.15. The summed E-state index contributed by atoms with van der Waals surface area (Å²) < 4.78 is 14.4. The molecule has 1 amide bonds. The Morgan fingerprint density at radius 1 is 1.22 bits per heavy atom. The summed E-state index contributed by atoms with van der Waals surface area (Å²) in [6, 6.07) is 11.6. The topological polar surface area (TPSA) is 29.1 Å². The summed E-state index contributed by atoms with van der Waals surface area (Å²) in [7, 11) is 0. The number of benzene rings is 2. The summed E-state index contributed by atoms with van der Waals surface area (Å²) in [6.45, 7) is 1.75. The van der Waals surface area contributed by atoms with Crippen LogP contribution in [-0.4, -0.2) is 5.91 Å². The number of carbonyl (C=O) groups is 1. The number of amides is 1. The van der Waals surface area contributed by atoms with E-state index < -0.39 is 5.82 Å². The molecule has 92 valence electrons. The molecule has 0 spiro atoms. The number of aryl methyl sites for hydroxylation is 1. The summed E-state index contributed by atoms with van der Waals surface area (Å²) in [5.41, 5.74) is 1.40. The normalized spacial score (nSPS) is 10.2. The van der Waals surface area contributed by atoms with E-state index in [9.17, 15) is 9.18 Å². The van der Waals surface area contributed by atoms with E-state index in [-0.39, 0.29) is 11.6 Å². The second kappa shape index (κ2) is 5.31. The fourth-order valence-electron chi connectivity index (χ4n) is 1.61. The van der Waals surface area contributed by atoms with Crippen LogP contribution in [0.2, 0.25) is 0 Å². The van der Waals surface area contributed by atoms with E-state index in [1.165, 1.54) is 6.07 Å². The summed E-state index contributed by atoms with van der Waals surface area (Å²) in [6.07, 6.45) is 0. The van der Waals surface area contributed by atoms with Crippen LogP contribution < -0.4 is 5.32 Å². The lowest BCUT2D eigenvalue weighted by atomic mass is 10.1. The van der Waals surface area contributed by atoms with Gasteiger partial charge >= 0.3 is 0 Å². The van der Waals surface area contributed by atoms with Crippen molar-refractivity contribution in [2.75, 3.05) is 5.32 Å². The number of anilines is 1. The van der Waals surface area contributed by atoms with Crippen molar-refractivity contribution in [2.24, 2.45) is 0 Å². The van der Waals surface area contributed by atoms with E-state index in [0.29, 0.717) is 11.1 Å². The highest BCUT2D eigenvalue weighted by molar-refractivity contribution is 9.10. The molecule has 4 heteroatoms. The third kappa shape index (κ3) is 2.76. The lowest BCUT2D eigenvalue weighted by Gasteiger charge is -2.09. The SMILES string of the molecule is Cc1cccc(F)c1NC(=O)c1cccc(Br)c1. The molecule has 0 saturated heterocycles. The van der Waals surface area contributed by atoms with Gasteiger partial charge in [-0.15, -0.1) is 0 Å². The van der Waals surface area contributed by atoms with Crippen molar-refractivity contribution in [3.63, 3.8) is 0 Å². The number of rotatable bonds is 2. The van der Waals surface area contributed by atoms with Gasteiger partial charge in [-0.3, -0.25) is 4.79 Å². The summed E-state index contributed by atoms with van der Waals surface area (Å²) >= 11 is 3.29. The van der Waals surface area contributed by atoms with Gasteiger partial charge in [-0.1, -0.05) is 34.1 Å². The van der Waals surface area contributed by atoms with Crippen LogP contribution in [0.5, 0.6) is 0 Å². The molecule has 0 fully saturated rings. The first-order valence-electron chi connectivity index (χ1n) is 5.40. The highest BCUT2D eigenvalue weighted by Crippen LogP contribution is 2.20. The first kappa shape index (κ1) is 12.8. The fourth-order valence-corrected chi connectivity index (χ4v) is 2.00. The molecule has 2 nitrogen and oxygen atoms in total. The van der Waals surface area contributed by atoms with E-state index in [1.807, 2.05) is 6.07 Å². The maximum atomic E-state index is 13.6. The van der Waals surface area contributed by atoms with Gasteiger partial charge in [0, 0.05) is 10.0 Å². The van der Waals surface area contributed by atoms with Gasteiger partial charge in [0.1, 0.15) is 5.82 Å². The summed E-state index contributed by atoms with van der Waals surface area (Å²) in [5, 5.41) is 2.59. The number of halogens is 2. The Morgan fingerprint density at radius 2 is 1.94 bits per heavy atom. The van der Waals surface area contributed by atoms with E-state index in [2.05, 4.69) is 21.2 Å². The van der Waals surface area contributed by atoms with Crippen LogP contribution >= 0.6 is 15.9 Å². The Hall–Kier alpha value is -1.68. The monoisotopic (exact) mass is 307 g/mol. The molecule has 2 rings (SSSR count). The molecule has 0 aromatic heterocycles. The molecular weight excluding hydrogens is 297 g/mol. The molecule has 2 aromatic rings. The van der Waals surface area contributed by atoms with Crippen molar-refractivity contribution in [3.8, 4) is 0 Å². The molecule has 0 heterocycles. The average molecular weight is 308 g/mol. The molecular formula is C14H11BrFNO. The van der Waals surface area contributed by atoms with Gasteiger partial charge in [-0.05, 0) is 36.8 Å². The zero-order valence-electron chi connectivity index (χ0n) is 9.71. The molecule has 0 radical (unpaired) electrons. The largest absolute Gasteiger partial charge is 0.319 e. The van der Waals surface area contributed by atoms with Crippen molar-refractivity contribution >= 4 is 27.5 Å². The summed E-state index contributed by atoms with van der Waals surface area (Å²) in [4.78, 5) is 12.0. The molecule has 2 aromatic carbocycles. The molecule has 0 atom stereocenters. The second-order valence-electron chi connectivity index (χ2n) is 3.90. The van der Waals surface area contributed by atoms with Crippen LogP contribution in [-0.2, 0) is 0 Å². The van der Waals surface area contributed by atoms with Gasteiger partial charge in [0.15, 0.2) is 0 Å². The number of hydrogen-bond donors (Lipinski definition) is 1. The first-order chi connectivity index (χ1) is 8.58. The third-order valence-electron chi connectivity index (χ3n) is 2.55. The molecule has 18 heavy (non-hydrogen) atoms. The quantitative estimate of drug-likeness (QED) is 0.887. The van der Waals surface area contributed by atoms with Crippen LogP contribution in [0.25, 0.3) is 0 Å². The van der Waals surface area contributed by atoms with Gasteiger partial charge in [-0.25, -0.2) is 4.39 Å². The van der Waals surface area contributed by atoms with Crippen molar-refractivity contribution in [1.82, 2.24) is 0 Å². The Labute approximate surface area is 113 Å². The first-order valence-corrected chi connectivity index (χ1v) is 6.19. The standard InChI is InChI=1S/C14H11BrFNO/c1-9-4-2-7-12(16)13(9)17-14(18)10-5-3-6-11(15)8-10/h2-8H,1H3,(H,17,18). The molecule has 1 N–H and O–H groups in total. The molecule has 0 aliphatic rings. The van der Waals surface area contributed by atoms with E-state index >= 15 is 0 Å². The minimum absolute atomic E-state index is 0.225. The Morgan fingerprint density at radius 3 is 2.61 bits per heavy atom. The van der Waals surface area contributed by atoms with Gasteiger partial charge < -0.3 is 5.32 Å². The van der Waals surface area contributed by atoms with Gasteiger partial charge in [0.2, 0.25) is 0 Å². The average Bonchev–Trinajstić information content (AvgIpc) is 2.34. The fraction of sp³-hybridized carbons (Fsp3) is 0.0714. The zero-order valence-corrected chi connectivity index (χ0v) is 11.3.